The van der Waals surface area contributed by atoms with E-state index in [4.69, 9.17) is 5.48 Å². The first kappa shape index (κ1) is 13.7. The molecule has 2 aliphatic rings. The maximum absolute atomic E-state index is 9.04. The average molecular weight is 373 g/mol. The molecular formula is C27H30N+. The van der Waals surface area contributed by atoms with E-state index in [1.807, 2.05) is 24.3 Å². The summed E-state index contributed by atoms with van der Waals surface area (Å²) in [6.07, 6.45) is 1.80. The number of fused-ring (bicyclic) bond motifs is 1. The maximum atomic E-state index is 9.04. The molecule has 0 atom stereocenters. The molecule has 0 bridgehead atoms. The van der Waals surface area contributed by atoms with Crippen molar-refractivity contribution in [3.05, 3.63) is 77.0 Å². The van der Waals surface area contributed by atoms with Gasteiger partial charge in [0, 0.05) is 22.7 Å². The quantitative estimate of drug-likeness (QED) is 0.477. The van der Waals surface area contributed by atoms with E-state index in [0.29, 0.717) is 24.0 Å². The molecule has 1 fully saturated rings. The highest BCUT2D eigenvalue weighted by Crippen LogP contribution is 2.49. The van der Waals surface area contributed by atoms with Gasteiger partial charge < -0.3 is 0 Å². The van der Waals surface area contributed by atoms with Crippen LogP contribution in [0.3, 0.4) is 0 Å². The molecule has 5 rings (SSSR count). The molecule has 1 aromatic heterocycles. The third-order valence-corrected chi connectivity index (χ3v) is 6.43. The number of pyridine rings is 1. The van der Waals surface area contributed by atoms with Crippen molar-refractivity contribution in [1.82, 2.24) is 0 Å². The molecule has 0 radical (unpaired) electrons. The lowest BCUT2D eigenvalue weighted by molar-refractivity contribution is -0.660. The molecule has 28 heavy (non-hydrogen) atoms. The fourth-order valence-electron chi connectivity index (χ4n) is 4.92. The lowest BCUT2D eigenvalue weighted by Crippen LogP contribution is -2.31. The van der Waals surface area contributed by atoms with E-state index >= 15 is 0 Å². The van der Waals surface area contributed by atoms with Crippen LogP contribution >= 0.6 is 0 Å². The Balaban J connectivity index is 1.68. The standard InChI is InChI=1S/C27H30N/c1-19-8-4-5-9-24(19)26-15-25(20(2)18-28(26)3)21-10-11-22-16-27(12-6-7-13-27)17-23(22)14-21/h4-5,8-11,14-15,18H,6-7,12-13,16-17H2,1-3H3/q+1/i16D2,17D2. The maximum Gasteiger partial charge on any atom is 0.213 e. The van der Waals surface area contributed by atoms with Gasteiger partial charge in [-0.1, -0.05) is 49.2 Å². The number of aryl methyl sites for hydroxylation is 3. The topological polar surface area (TPSA) is 3.88 Å². The van der Waals surface area contributed by atoms with Gasteiger partial charge in [-0.3, -0.25) is 0 Å². The minimum absolute atomic E-state index is 0.534. The second-order valence-corrected chi connectivity index (χ2v) is 8.48. The van der Waals surface area contributed by atoms with E-state index in [9.17, 15) is 0 Å². The monoisotopic (exact) mass is 372 g/mol. The Morgan fingerprint density at radius 3 is 2.39 bits per heavy atom. The Hall–Kier alpha value is -2.41. The molecule has 3 aromatic rings. The van der Waals surface area contributed by atoms with E-state index in [0.717, 1.165) is 35.2 Å². The van der Waals surface area contributed by atoms with E-state index in [1.165, 1.54) is 11.1 Å². The smallest absolute Gasteiger partial charge is 0.201 e. The molecule has 1 heterocycles. The molecule has 1 heteroatoms. The zero-order chi connectivity index (χ0) is 22.9. The van der Waals surface area contributed by atoms with Gasteiger partial charge in [0.15, 0.2) is 6.20 Å². The third-order valence-electron chi connectivity index (χ3n) is 6.43. The number of rotatable bonds is 2. The first-order chi connectivity index (χ1) is 15.1. The van der Waals surface area contributed by atoms with Gasteiger partial charge in [-0.05, 0) is 78.7 Å². The summed E-state index contributed by atoms with van der Waals surface area (Å²) in [5.74, 6) is 0. The van der Waals surface area contributed by atoms with Crippen LogP contribution in [-0.2, 0) is 19.8 Å². The Bertz CT molecular complexity index is 1220. The van der Waals surface area contributed by atoms with Gasteiger partial charge in [-0.2, -0.15) is 0 Å². The summed E-state index contributed by atoms with van der Waals surface area (Å²) in [7, 11) is 2.05. The number of aromatic nitrogens is 1. The highest BCUT2D eigenvalue weighted by Gasteiger charge is 2.39. The minimum atomic E-state index is -1.68. The predicted molar refractivity (Wildman–Crippen MR) is 116 cm³/mol. The highest BCUT2D eigenvalue weighted by molar-refractivity contribution is 5.73. The molecule has 0 amide bonds. The van der Waals surface area contributed by atoms with Crippen LogP contribution in [0.5, 0.6) is 0 Å². The first-order valence-electron chi connectivity index (χ1n) is 12.3. The van der Waals surface area contributed by atoms with Gasteiger partial charge >= 0.3 is 0 Å². The summed E-state index contributed by atoms with van der Waals surface area (Å²) >= 11 is 0. The van der Waals surface area contributed by atoms with Crippen LogP contribution in [0, 0.1) is 19.3 Å². The van der Waals surface area contributed by atoms with Crippen molar-refractivity contribution in [2.45, 2.75) is 52.3 Å². The van der Waals surface area contributed by atoms with Gasteiger partial charge in [0.1, 0.15) is 7.05 Å². The average Bonchev–Trinajstić information content (AvgIpc) is 3.30. The van der Waals surface area contributed by atoms with Crippen molar-refractivity contribution in [2.75, 3.05) is 0 Å². The number of nitrogens with zero attached hydrogens (tertiary/aromatic N) is 1. The molecule has 0 N–H and O–H groups in total. The van der Waals surface area contributed by atoms with Gasteiger partial charge in [0.25, 0.3) is 0 Å². The van der Waals surface area contributed by atoms with Crippen LogP contribution < -0.4 is 4.57 Å². The van der Waals surface area contributed by atoms with Crippen LogP contribution in [0.2, 0.25) is 0 Å². The second-order valence-electron chi connectivity index (χ2n) is 8.48. The molecule has 1 spiro atoms. The van der Waals surface area contributed by atoms with E-state index < -0.39 is 18.2 Å². The number of benzene rings is 2. The summed E-state index contributed by atoms with van der Waals surface area (Å²) < 4.78 is 38.0. The van der Waals surface area contributed by atoms with Crippen molar-refractivity contribution in [3.63, 3.8) is 0 Å². The van der Waals surface area contributed by atoms with Crippen molar-refractivity contribution in [1.29, 1.82) is 0 Å². The van der Waals surface area contributed by atoms with Crippen molar-refractivity contribution < 1.29 is 10.1 Å². The number of hydrogen-bond donors (Lipinski definition) is 0. The van der Waals surface area contributed by atoms with Crippen molar-refractivity contribution in [2.24, 2.45) is 12.5 Å². The lowest BCUT2D eigenvalue weighted by atomic mass is 9.83. The summed E-state index contributed by atoms with van der Waals surface area (Å²) in [6.45, 7) is 4.19. The first-order valence-corrected chi connectivity index (χ1v) is 10.3. The zero-order valence-electron chi connectivity index (χ0n) is 21.0. The number of hydrogen-bond acceptors (Lipinski definition) is 0. The zero-order valence-corrected chi connectivity index (χ0v) is 17.0. The summed E-state index contributed by atoms with van der Waals surface area (Å²) in [5, 5.41) is 0. The summed E-state index contributed by atoms with van der Waals surface area (Å²) in [6, 6.07) is 16.3. The molecule has 0 saturated heterocycles. The minimum Gasteiger partial charge on any atom is -0.201 e. The molecule has 142 valence electrons. The van der Waals surface area contributed by atoms with Crippen molar-refractivity contribution in [3.8, 4) is 22.4 Å². The van der Waals surface area contributed by atoms with Crippen LogP contribution in [0.4, 0.5) is 0 Å². The molecule has 0 aliphatic heterocycles. The Kier molecular flexibility index (Phi) is 3.22. The highest BCUT2D eigenvalue weighted by atomic mass is 14.9. The molecule has 1 saturated carbocycles. The van der Waals surface area contributed by atoms with Crippen molar-refractivity contribution >= 4 is 0 Å². The Morgan fingerprint density at radius 2 is 1.61 bits per heavy atom. The van der Waals surface area contributed by atoms with Gasteiger partial charge in [0.05, 0.1) is 0 Å². The summed E-state index contributed by atoms with van der Waals surface area (Å²) in [4.78, 5) is 0. The largest absolute Gasteiger partial charge is 0.213 e. The Morgan fingerprint density at radius 1 is 0.857 bits per heavy atom. The molecule has 1 nitrogen and oxygen atoms in total. The molecule has 2 aliphatic carbocycles. The van der Waals surface area contributed by atoms with Crippen LogP contribution in [0.15, 0.2) is 54.7 Å². The predicted octanol–water partition coefficient (Wildman–Crippen LogP) is 6.12. The normalized spacial score (nSPS) is 23.0. The van der Waals surface area contributed by atoms with E-state index in [2.05, 4.69) is 55.9 Å². The lowest BCUT2D eigenvalue weighted by Gasteiger charge is -2.21. The van der Waals surface area contributed by atoms with Gasteiger partial charge in [0.2, 0.25) is 5.69 Å². The SMILES string of the molecule is [2H]C1([2H])c2ccc(-c3cc(-c4ccccc4C)[n+](C)cc3C)cc2C([2H])([2H])C12CCCC2. The molecule has 2 aromatic carbocycles. The molecule has 0 unspecified atom stereocenters. The van der Waals surface area contributed by atoms with Crippen LogP contribution in [-0.4, -0.2) is 0 Å². The Labute approximate surface area is 174 Å². The van der Waals surface area contributed by atoms with E-state index in [1.54, 1.807) is 0 Å². The van der Waals surface area contributed by atoms with Crippen LogP contribution in [0.1, 0.15) is 53.4 Å². The van der Waals surface area contributed by atoms with E-state index in [-0.39, 0.29) is 0 Å². The third kappa shape index (κ3) is 2.89. The summed E-state index contributed by atoms with van der Waals surface area (Å²) in [5.41, 5.74) is 6.73. The van der Waals surface area contributed by atoms with Gasteiger partial charge in [-0.25, -0.2) is 4.57 Å². The second kappa shape index (κ2) is 6.58. The fraction of sp³-hybridized carbons (Fsp3) is 0.370. The molecular weight excluding hydrogens is 338 g/mol. The van der Waals surface area contributed by atoms with Crippen LogP contribution in [0.25, 0.3) is 22.4 Å². The van der Waals surface area contributed by atoms with Gasteiger partial charge in [-0.15, -0.1) is 0 Å². The fourth-order valence-corrected chi connectivity index (χ4v) is 4.92.